The first-order chi connectivity index (χ1) is 13.7. The van der Waals surface area contributed by atoms with Crippen molar-refractivity contribution in [1.82, 2.24) is 9.55 Å². The highest BCUT2D eigenvalue weighted by Gasteiger charge is 2.35. The molecule has 28 heavy (non-hydrogen) atoms. The number of fused-ring (bicyclic) bond motifs is 4. The second-order valence-corrected chi connectivity index (χ2v) is 7.68. The monoisotopic (exact) mass is 368 g/mol. The van der Waals surface area contributed by atoms with E-state index in [-0.39, 0.29) is 11.5 Å². The summed E-state index contributed by atoms with van der Waals surface area (Å²) in [6, 6.07) is 21.7. The molecule has 0 aliphatic carbocycles. The van der Waals surface area contributed by atoms with Crippen LogP contribution in [-0.4, -0.2) is 22.6 Å². The quantitative estimate of drug-likeness (QED) is 0.695. The third-order valence-electron chi connectivity index (χ3n) is 5.84. The third-order valence-corrected chi connectivity index (χ3v) is 5.84. The molecule has 0 spiro atoms. The number of anilines is 1. The van der Waals surface area contributed by atoms with Crippen molar-refractivity contribution in [3.8, 4) is 17.2 Å². The molecule has 5 nitrogen and oxygen atoms in total. The number of rotatable bonds is 2. The van der Waals surface area contributed by atoms with Crippen molar-refractivity contribution in [2.75, 3.05) is 18.0 Å². The van der Waals surface area contributed by atoms with Crippen LogP contribution in [-0.2, 0) is 6.54 Å². The SMILES string of the molecule is N#Cc1cccc(N2C[C@@H]3C[C@H](C2)c2cc(-c4ccccc4)cc(=O)n2C3)n1. The highest BCUT2D eigenvalue weighted by Crippen LogP contribution is 2.37. The van der Waals surface area contributed by atoms with Crippen molar-refractivity contribution >= 4 is 5.82 Å². The Bertz CT molecular complexity index is 1130. The van der Waals surface area contributed by atoms with Crippen molar-refractivity contribution in [3.05, 3.63) is 82.4 Å². The molecule has 5 heteroatoms. The van der Waals surface area contributed by atoms with Crippen molar-refractivity contribution in [2.24, 2.45) is 5.92 Å². The Morgan fingerprint density at radius 3 is 2.64 bits per heavy atom. The van der Waals surface area contributed by atoms with E-state index in [1.807, 2.05) is 47.0 Å². The van der Waals surface area contributed by atoms with E-state index in [1.54, 1.807) is 12.1 Å². The average Bonchev–Trinajstić information content (AvgIpc) is 2.75. The number of nitriles is 1. The second kappa shape index (κ2) is 6.65. The van der Waals surface area contributed by atoms with Crippen LogP contribution < -0.4 is 10.5 Å². The number of benzene rings is 1. The van der Waals surface area contributed by atoms with Gasteiger partial charge < -0.3 is 9.47 Å². The Morgan fingerprint density at radius 1 is 0.964 bits per heavy atom. The molecule has 0 saturated carbocycles. The smallest absolute Gasteiger partial charge is 0.251 e. The molecule has 0 amide bonds. The van der Waals surface area contributed by atoms with Gasteiger partial charge in [-0.2, -0.15) is 5.26 Å². The van der Waals surface area contributed by atoms with Gasteiger partial charge in [-0.3, -0.25) is 4.79 Å². The van der Waals surface area contributed by atoms with E-state index < -0.39 is 0 Å². The minimum absolute atomic E-state index is 0.0871. The molecule has 5 rings (SSSR count). The molecule has 2 atom stereocenters. The van der Waals surface area contributed by atoms with Crippen LogP contribution in [0.3, 0.4) is 0 Å². The minimum Gasteiger partial charge on any atom is -0.356 e. The van der Waals surface area contributed by atoms with Crippen LogP contribution in [0.5, 0.6) is 0 Å². The molecule has 4 heterocycles. The van der Waals surface area contributed by atoms with E-state index in [0.717, 1.165) is 48.7 Å². The maximum Gasteiger partial charge on any atom is 0.251 e. The summed E-state index contributed by atoms with van der Waals surface area (Å²) in [5, 5.41) is 9.15. The Hall–Kier alpha value is -3.39. The molecule has 2 bridgehead atoms. The van der Waals surface area contributed by atoms with Crippen molar-refractivity contribution < 1.29 is 0 Å². The lowest BCUT2D eigenvalue weighted by atomic mass is 9.82. The highest BCUT2D eigenvalue weighted by molar-refractivity contribution is 5.63. The Morgan fingerprint density at radius 2 is 1.82 bits per heavy atom. The zero-order valence-electron chi connectivity index (χ0n) is 15.5. The Kier molecular flexibility index (Phi) is 3.98. The van der Waals surface area contributed by atoms with Gasteiger partial charge in [-0.15, -0.1) is 0 Å². The van der Waals surface area contributed by atoms with Crippen LogP contribution in [0.15, 0.2) is 65.5 Å². The predicted octanol–water partition coefficient (Wildman–Crippen LogP) is 3.41. The van der Waals surface area contributed by atoms with E-state index in [4.69, 9.17) is 5.26 Å². The van der Waals surface area contributed by atoms with Crippen LogP contribution >= 0.6 is 0 Å². The predicted molar refractivity (Wildman–Crippen MR) is 108 cm³/mol. The summed E-state index contributed by atoms with van der Waals surface area (Å²) < 4.78 is 1.96. The van der Waals surface area contributed by atoms with Gasteiger partial charge in [0.05, 0.1) is 0 Å². The standard InChI is InChI=1S/C23H20N4O/c24-12-20-7-4-8-22(25-20)26-13-16-9-19(15-26)21-10-18(11-23(28)27(21)14-16)17-5-2-1-3-6-17/h1-8,10-11,16,19H,9,13-15H2/t16-,19+/m0/s1. The van der Waals surface area contributed by atoms with E-state index >= 15 is 0 Å². The number of hydrogen-bond donors (Lipinski definition) is 0. The van der Waals surface area contributed by atoms with Crippen molar-refractivity contribution in [3.63, 3.8) is 0 Å². The summed E-state index contributed by atoms with van der Waals surface area (Å²) in [7, 11) is 0. The summed E-state index contributed by atoms with van der Waals surface area (Å²) in [5.74, 6) is 1.55. The lowest BCUT2D eigenvalue weighted by Gasteiger charge is -2.43. The van der Waals surface area contributed by atoms with Gasteiger partial charge in [-0.1, -0.05) is 36.4 Å². The number of piperidine rings is 1. The first-order valence-corrected chi connectivity index (χ1v) is 9.63. The summed E-state index contributed by atoms with van der Waals surface area (Å²) in [6.45, 7) is 2.43. The van der Waals surface area contributed by atoms with E-state index in [0.29, 0.717) is 11.6 Å². The van der Waals surface area contributed by atoms with Crippen molar-refractivity contribution in [2.45, 2.75) is 18.9 Å². The number of pyridine rings is 2. The van der Waals surface area contributed by atoms with Crippen LogP contribution in [0.25, 0.3) is 11.1 Å². The molecule has 0 unspecified atom stereocenters. The zero-order chi connectivity index (χ0) is 19.1. The average molecular weight is 368 g/mol. The van der Waals surface area contributed by atoms with Crippen molar-refractivity contribution in [1.29, 1.82) is 5.26 Å². The molecule has 1 aromatic carbocycles. The minimum atomic E-state index is 0.0871. The molecule has 2 aliphatic rings. The number of hydrogen-bond acceptors (Lipinski definition) is 4. The molecular weight excluding hydrogens is 348 g/mol. The maximum absolute atomic E-state index is 12.8. The van der Waals surface area contributed by atoms with Crippen LogP contribution in [0.4, 0.5) is 5.82 Å². The lowest BCUT2D eigenvalue weighted by molar-refractivity contribution is 0.281. The fourth-order valence-corrected chi connectivity index (χ4v) is 4.61. The second-order valence-electron chi connectivity index (χ2n) is 7.68. The van der Waals surface area contributed by atoms with Gasteiger partial charge in [-0.25, -0.2) is 4.98 Å². The first-order valence-electron chi connectivity index (χ1n) is 9.63. The summed E-state index contributed by atoms with van der Waals surface area (Å²) in [5.41, 5.74) is 3.70. The maximum atomic E-state index is 12.8. The molecular formula is C23H20N4O. The fourth-order valence-electron chi connectivity index (χ4n) is 4.61. The van der Waals surface area contributed by atoms with E-state index in [9.17, 15) is 4.79 Å². The van der Waals surface area contributed by atoms with Gasteiger partial charge in [0, 0.05) is 37.3 Å². The lowest BCUT2D eigenvalue weighted by Crippen LogP contribution is -2.47. The molecule has 1 saturated heterocycles. The molecule has 138 valence electrons. The molecule has 0 N–H and O–H groups in total. The third kappa shape index (κ3) is 2.87. The van der Waals surface area contributed by atoms with Gasteiger partial charge in [-0.05, 0) is 41.7 Å². The van der Waals surface area contributed by atoms with Crippen LogP contribution in [0.1, 0.15) is 23.7 Å². The van der Waals surface area contributed by atoms with Gasteiger partial charge in [0.2, 0.25) is 0 Å². The Balaban J connectivity index is 1.53. The highest BCUT2D eigenvalue weighted by atomic mass is 16.1. The van der Waals surface area contributed by atoms with E-state index in [1.165, 1.54) is 0 Å². The summed E-state index contributed by atoms with van der Waals surface area (Å²) in [4.78, 5) is 19.6. The largest absolute Gasteiger partial charge is 0.356 e. The molecule has 2 aromatic heterocycles. The Labute approximate surface area is 163 Å². The van der Waals surface area contributed by atoms with Gasteiger partial charge in [0.15, 0.2) is 0 Å². The van der Waals surface area contributed by atoms with Gasteiger partial charge in [0.1, 0.15) is 17.6 Å². The first kappa shape index (κ1) is 16.8. The molecule has 3 aromatic rings. The van der Waals surface area contributed by atoms with Crippen LogP contribution in [0.2, 0.25) is 0 Å². The zero-order valence-corrected chi connectivity index (χ0v) is 15.5. The van der Waals surface area contributed by atoms with Gasteiger partial charge in [0.25, 0.3) is 5.56 Å². The van der Waals surface area contributed by atoms with E-state index in [2.05, 4.69) is 22.0 Å². The van der Waals surface area contributed by atoms with Gasteiger partial charge >= 0.3 is 0 Å². The number of nitrogens with zero attached hydrogens (tertiary/aromatic N) is 4. The summed E-state index contributed by atoms with van der Waals surface area (Å²) >= 11 is 0. The summed E-state index contributed by atoms with van der Waals surface area (Å²) in [6.07, 6.45) is 1.09. The van der Waals surface area contributed by atoms with Crippen LogP contribution in [0, 0.1) is 17.2 Å². The molecule has 1 fully saturated rings. The number of aromatic nitrogens is 2. The fraction of sp³-hybridized carbons (Fsp3) is 0.261. The topological polar surface area (TPSA) is 61.9 Å². The molecule has 0 radical (unpaired) electrons. The normalized spacial score (nSPS) is 20.3. The molecule has 2 aliphatic heterocycles.